The Bertz CT molecular complexity index is 565. The van der Waals surface area contributed by atoms with E-state index in [-0.39, 0.29) is 5.75 Å². The molecular weight excluding hydrogens is 250 g/mol. The molecule has 0 saturated carbocycles. The summed E-state index contributed by atoms with van der Waals surface area (Å²) in [6.45, 7) is 0.612. The molecule has 18 heavy (non-hydrogen) atoms. The van der Waals surface area contributed by atoms with Crippen molar-refractivity contribution in [2.24, 2.45) is 0 Å². The number of benzene rings is 1. The van der Waals surface area contributed by atoms with Crippen LogP contribution in [0.5, 0.6) is 5.75 Å². The highest BCUT2D eigenvalue weighted by Gasteiger charge is 2.09. The molecule has 1 heterocycles. The predicted molar refractivity (Wildman–Crippen MR) is 71.5 cm³/mol. The van der Waals surface area contributed by atoms with E-state index in [1.807, 2.05) is 24.1 Å². The molecule has 0 unspecified atom stereocenters. The molecule has 0 aliphatic carbocycles. The maximum absolute atomic E-state index is 10.8. The van der Waals surface area contributed by atoms with E-state index in [9.17, 15) is 9.90 Å². The van der Waals surface area contributed by atoms with Crippen LogP contribution in [0, 0.1) is 0 Å². The number of aromatic carboxylic acids is 1. The Morgan fingerprint density at radius 2 is 2.11 bits per heavy atom. The van der Waals surface area contributed by atoms with Gasteiger partial charge in [-0.25, -0.2) is 4.79 Å². The summed E-state index contributed by atoms with van der Waals surface area (Å²) in [7, 11) is 1.90. The Morgan fingerprint density at radius 3 is 2.72 bits per heavy atom. The van der Waals surface area contributed by atoms with E-state index in [2.05, 4.69) is 0 Å². The Morgan fingerprint density at radius 1 is 1.33 bits per heavy atom. The van der Waals surface area contributed by atoms with Gasteiger partial charge in [0.15, 0.2) is 0 Å². The summed E-state index contributed by atoms with van der Waals surface area (Å²) in [5.74, 6) is -0.678. The number of phenolic OH excluding ortho intramolecular Hbond substituents is 1. The second-order valence-electron chi connectivity index (χ2n) is 3.95. The summed E-state index contributed by atoms with van der Waals surface area (Å²) in [6, 6.07) is 10.4. The van der Waals surface area contributed by atoms with Gasteiger partial charge in [0.25, 0.3) is 0 Å². The van der Waals surface area contributed by atoms with Gasteiger partial charge in [-0.1, -0.05) is 6.07 Å². The van der Waals surface area contributed by atoms with Crippen molar-refractivity contribution in [1.82, 2.24) is 0 Å². The molecule has 0 aliphatic heterocycles. The summed E-state index contributed by atoms with van der Waals surface area (Å²) in [4.78, 5) is 14.0. The van der Waals surface area contributed by atoms with Gasteiger partial charge in [0.1, 0.15) is 10.6 Å². The van der Waals surface area contributed by atoms with E-state index < -0.39 is 5.97 Å². The molecule has 1 aromatic carbocycles. The highest BCUT2D eigenvalue weighted by Crippen LogP contribution is 2.23. The molecule has 0 saturated heterocycles. The first-order valence-corrected chi connectivity index (χ1v) is 6.20. The van der Waals surface area contributed by atoms with Crippen molar-refractivity contribution in [3.8, 4) is 5.75 Å². The number of carbonyl (C=O) groups is 1. The molecule has 0 fully saturated rings. The lowest BCUT2D eigenvalue weighted by atomic mass is 10.2. The topological polar surface area (TPSA) is 60.8 Å². The van der Waals surface area contributed by atoms with Crippen molar-refractivity contribution in [3.63, 3.8) is 0 Å². The normalized spacial score (nSPS) is 10.3. The van der Waals surface area contributed by atoms with Gasteiger partial charge in [-0.15, -0.1) is 11.3 Å². The summed E-state index contributed by atoms with van der Waals surface area (Å²) in [5.41, 5.74) is 0.889. The molecule has 4 nitrogen and oxygen atoms in total. The highest BCUT2D eigenvalue weighted by atomic mass is 32.1. The lowest BCUT2D eigenvalue weighted by Gasteiger charge is -2.18. The van der Waals surface area contributed by atoms with Gasteiger partial charge in [-0.3, -0.25) is 0 Å². The number of carboxylic acid groups (broad SMARTS) is 1. The zero-order chi connectivity index (χ0) is 13.1. The van der Waals surface area contributed by atoms with Crippen molar-refractivity contribution in [2.45, 2.75) is 6.54 Å². The molecule has 0 aliphatic rings. The number of hydrogen-bond donors (Lipinski definition) is 2. The van der Waals surface area contributed by atoms with Crippen LogP contribution in [0.1, 0.15) is 14.5 Å². The van der Waals surface area contributed by atoms with Crippen LogP contribution in [0.15, 0.2) is 36.4 Å². The number of aromatic hydroxyl groups is 1. The number of carboxylic acids is 1. The Labute approximate surface area is 109 Å². The zero-order valence-electron chi connectivity index (χ0n) is 9.83. The molecule has 0 spiro atoms. The fraction of sp³-hybridized carbons (Fsp3) is 0.154. The molecule has 1 aromatic heterocycles. The highest BCUT2D eigenvalue weighted by molar-refractivity contribution is 7.13. The first kappa shape index (κ1) is 12.4. The molecule has 5 heteroatoms. The third-order valence-corrected chi connectivity index (χ3v) is 3.59. The molecule has 0 atom stereocenters. The molecule has 2 aromatic rings. The van der Waals surface area contributed by atoms with Crippen LogP contribution in [0.3, 0.4) is 0 Å². The van der Waals surface area contributed by atoms with E-state index in [1.165, 1.54) is 11.3 Å². The summed E-state index contributed by atoms with van der Waals surface area (Å²) in [5, 5.41) is 18.3. The standard InChI is InChI=1S/C13H13NO3S/c1-14(9-3-2-4-10(15)7-9)8-11-5-6-12(18-11)13(16)17/h2-7,15H,8H2,1H3,(H,16,17). The van der Waals surface area contributed by atoms with Crippen LogP contribution in [0.25, 0.3) is 0 Å². The largest absolute Gasteiger partial charge is 0.508 e. The lowest BCUT2D eigenvalue weighted by Crippen LogP contribution is -2.15. The first-order chi connectivity index (χ1) is 8.56. The van der Waals surface area contributed by atoms with Gasteiger partial charge in [-0.05, 0) is 24.3 Å². The smallest absolute Gasteiger partial charge is 0.345 e. The predicted octanol–water partition coefficient (Wildman–Crippen LogP) is 2.79. The molecule has 0 amide bonds. The van der Waals surface area contributed by atoms with Crippen LogP contribution in [-0.4, -0.2) is 23.2 Å². The minimum absolute atomic E-state index is 0.219. The van der Waals surface area contributed by atoms with Crippen molar-refractivity contribution in [3.05, 3.63) is 46.2 Å². The van der Waals surface area contributed by atoms with E-state index in [1.54, 1.807) is 24.3 Å². The number of hydrogen-bond acceptors (Lipinski definition) is 4. The number of anilines is 1. The number of rotatable bonds is 4. The first-order valence-electron chi connectivity index (χ1n) is 5.38. The van der Waals surface area contributed by atoms with Gasteiger partial charge >= 0.3 is 5.97 Å². The zero-order valence-corrected chi connectivity index (χ0v) is 10.6. The Kier molecular flexibility index (Phi) is 3.53. The van der Waals surface area contributed by atoms with E-state index in [0.717, 1.165) is 10.6 Å². The van der Waals surface area contributed by atoms with Crippen LogP contribution in [-0.2, 0) is 6.54 Å². The maximum atomic E-state index is 10.8. The monoisotopic (exact) mass is 263 g/mol. The second kappa shape index (κ2) is 5.10. The average molecular weight is 263 g/mol. The Hall–Kier alpha value is -2.01. The third-order valence-electron chi connectivity index (χ3n) is 2.54. The van der Waals surface area contributed by atoms with Crippen molar-refractivity contribution in [2.75, 3.05) is 11.9 Å². The summed E-state index contributed by atoms with van der Waals surface area (Å²) in [6.07, 6.45) is 0. The van der Waals surface area contributed by atoms with Crippen LogP contribution in [0.4, 0.5) is 5.69 Å². The average Bonchev–Trinajstić information content (AvgIpc) is 2.77. The van der Waals surface area contributed by atoms with Gasteiger partial charge < -0.3 is 15.1 Å². The minimum atomic E-state index is -0.897. The van der Waals surface area contributed by atoms with Crippen LogP contribution >= 0.6 is 11.3 Å². The number of thiophene rings is 1. The Balaban J connectivity index is 2.11. The van der Waals surface area contributed by atoms with Crippen LogP contribution in [0.2, 0.25) is 0 Å². The fourth-order valence-electron chi connectivity index (χ4n) is 1.63. The molecule has 94 valence electrons. The molecular formula is C13H13NO3S. The number of phenols is 1. The van der Waals surface area contributed by atoms with Gasteiger partial charge in [0.2, 0.25) is 0 Å². The van der Waals surface area contributed by atoms with E-state index in [0.29, 0.717) is 11.4 Å². The number of nitrogens with zero attached hydrogens (tertiary/aromatic N) is 1. The van der Waals surface area contributed by atoms with Crippen molar-refractivity contribution < 1.29 is 15.0 Å². The molecule has 2 N–H and O–H groups in total. The quantitative estimate of drug-likeness (QED) is 0.890. The molecule has 2 rings (SSSR count). The van der Waals surface area contributed by atoms with Crippen LogP contribution < -0.4 is 4.90 Å². The van der Waals surface area contributed by atoms with Gasteiger partial charge in [-0.2, -0.15) is 0 Å². The summed E-state index contributed by atoms with van der Waals surface area (Å²) < 4.78 is 0. The lowest BCUT2D eigenvalue weighted by molar-refractivity contribution is 0.0702. The summed E-state index contributed by atoms with van der Waals surface area (Å²) >= 11 is 1.26. The second-order valence-corrected chi connectivity index (χ2v) is 5.12. The van der Waals surface area contributed by atoms with Gasteiger partial charge in [0.05, 0.1) is 6.54 Å². The van der Waals surface area contributed by atoms with E-state index >= 15 is 0 Å². The van der Waals surface area contributed by atoms with E-state index in [4.69, 9.17) is 5.11 Å². The maximum Gasteiger partial charge on any atom is 0.345 e. The fourth-order valence-corrected chi connectivity index (χ4v) is 2.53. The SMILES string of the molecule is CN(Cc1ccc(C(=O)O)s1)c1cccc(O)c1. The minimum Gasteiger partial charge on any atom is -0.508 e. The third kappa shape index (κ3) is 2.81. The molecule has 0 bridgehead atoms. The van der Waals surface area contributed by atoms with Crippen molar-refractivity contribution >= 4 is 23.0 Å². The van der Waals surface area contributed by atoms with Crippen molar-refractivity contribution in [1.29, 1.82) is 0 Å². The molecule has 0 radical (unpaired) electrons. The van der Waals surface area contributed by atoms with Gasteiger partial charge in [0, 0.05) is 23.7 Å².